The van der Waals surface area contributed by atoms with Crippen LogP contribution in [-0.4, -0.2) is 15.5 Å². The predicted octanol–water partition coefficient (Wildman–Crippen LogP) is 4.66. The molecule has 0 aliphatic carbocycles. The van der Waals surface area contributed by atoms with Gasteiger partial charge in [0.2, 0.25) is 0 Å². The Kier molecular flexibility index (Phi) is 5.14. The van der Waals surface area contributed by atoms with Gasteiger partial charge in [-0.05, 0) is 42.8 Å². The number of aromatic nitrogens is 2. The lowest BCUT2D eigenvalue weighted by Crippen LogP contribution is -2.30. The van der Waals surface area contributed by atoms with Crippen molar-refractivity contribution in [3.63, 3.8) is 0 Å². The third kappa shape index (κ3) is 3.91. The Hall–Kier alpha value is -3.44. The zero-order valence-electron chi connectivity index (χ0n) is 15.7. The minimum Gasteiger partial charge on any atom is -0.320 e. The second-order valence-electron chi connectivity index (χ2n) is 6.79. The van der Waals surface area contributed by atoms with Gasteiger partial charge in [-0.2, -0.15) is 0 Å². The van der Waals surface area contributed by atoms with Crippen LogP contribution in [0, 0.1) is 6.92 Å². The summed E-state index contributed by atoms with van der Waals surface area (Å²) >= 11 is 6.13. The van der Waals surface area contributed by atoms with E-state index in [0.717, 1.165) is 11.1 Å². The van der Waals surface area contributed by atoms with Crippen LogP contribution < -0.4 is 10.9 Å². The summed E-state index contributed by atoms with van der Waals surface area (Å²) in [6.07, 6.45) is 1.64. The molecule has 0 fully saturated rings. The minimum absolute atomic E-state index is 0.0394. The van der Waals surface area contributed by atoms with Crippen molar-refractivity contribution in [2.45, 2.75) is 13.5 Å². The van der Waals surface area contributed by atoms with Gasteiger partial charge in [-0.25, -0.2) is 4.98 Å². The molecule has 5 nitrogen and oxygen atoms in total. The molecule has 0 atom stereocenters. The molecule has 1 amide bonds. The zero-order chi connectivity index (χ0) is 20.4. The largest absolute Gasteiger partial charge is 0.320 e. The number of aryl methyl sites for hydroxylation is 1. The van der Waals surface area contributed by atoms with Crippen LogP contribution in [0.5, 0.6) is 0 Å². The second-order valence-corrected chi connectivity index (χ2v) is 7.19. The molecule has 4 aromatic rings. The number of para-hydroxylation sites is 1. The van der Waals surface area contributed by atoms with Crippen molar-refractivity contribution in [2.75, 3.05) is 5.32 Å². The average Bonchev–Trinajstić information content (AvgIpc) is 2.73. The number of carbonyl (C=O) groups is 1. The van der Waals surface area contributed by atoms with Crippen LogP contribution in [0.1, 0.15) is 21.5 Å². The minimum atomic E-state index is -0.508. The number of rotatable bonds is 4. The summed E-state index contributed by atoms with van der Waals surface area (Å²) in [6.45, 7) is 2.33. The number of benzene rings is 2. The summed E-state index contributed by atoms with van der Waals surface area (Å²) in [5.41, 5.74) is 2.71. The maximum absolute atomic E-state index is 13.2. The molecule has 0 unspecified atom stereocenters. The van der Waals surface area contributed by atoms with Gasteiger partial charge in [-0.1, -0.05) is 53.6 Å². The Labute approximate surface area is 172 Å². The fourth-order valence-corrected chi connectivity index (χ4v) is 3.33. The van der Waals surface area contributed by atoms with E-state index < -0.39 is 11.5 Å². The van der Waals surface area contributed by atoms with Gasteiger partial charge in [0.1, 0.15) is 11.2 Å². The zero-order valence-corrected chi connectivity index (χ0v) is 16.5. The van der Waals surface area contributed by atoms with Gasteiger partial charge < -0.3 is 5.32 Å². The van der Waals surface area contributed by atoms with Gasteiger partial charge in [0, 0.05) is 11.6 Å². The van der Waals surface area contributed by atoms with Gasteiger partial charge in [0.15, 0.2) is 0 Å². The number of hydrogen-bond acceptors (Lipinski definition) is 3. The van der Waals surface area contributed by atoms with Crippen LogP contribution in [0.4, 0.5) is 5.69 Å². The summed E-state index contributed by atoms with van der Waals surface area (Å²) in [6, 6.07) is 20.0. The molecule has 144 valence electrons. The number of carbonyl (C=O) groups excluding carboxylic acids is 1. The first-order chi connectivity index (χ1) is 14.0. The lowest BCUT2D eigenvalue weighted by molar-refractivity contribution is 0.102. The Morgan fingerprint density at radius 3 is 2.59 bits per heavy atom. The van der Waals surface area contributed by atoms with Gasteiger partial charge in [-0.3, -0.25) is 14.2 Å². The van der Waals surface area contributed by atoms with Gasteiger partial charge in [0.05, 0.1) is 17.3 Å². The van der Waals surface area contributed by atoms with Crippen molar-refractivity contribution in [1.29, 1.82) is 0 Å². The smallest absolute Gasteiger partial charge is 0.265 e. The molecule has 0 spiro atoms. The SMILES string of the molecule is Cc1ccc(Cn2c(=O)c(C(=O)Nc3ccccc3Cl)cc3cccnc32)cc1. The molecule has 2 heterocycles. The van der Waals surface area contributed by atoms with Crippen LogP contribution >= 0.6 is 11.6 Å². The lowest BCUT2D eigenvalue weighted by Gasteiger charge is -2.13. The van der Waals surface area contributed by atoms with E-state index in [-0.39, 0.29) is 5.56 Å². The molecule has 2 aromatic carbocycles. The molecule has 1 N–H and O–H groups in total. The van der Waals surface area contributed by atoms with Crippen molar-refractivity contribution in [1.82, 2.24) is 9.55 Å². The number of halogens is 1. The quantitative estimate of drug-likeness (QED) is 0.539. The first-order valence-corrected chi connectivity index (χ1v) is 9.51. The number of anilines is 1. The molecular weight excluding hydrogens is 386 g/mol. The van der Waals surface area contributed by atoms with Crippen LogP contribution in [0.25, 0.3) is 11.0 Å². The highest BCUT2D eigenvalue weighted by Crippen LogP contribution is 2.21. The van der Waals surface area contributed by atoms with E-state index in [0.29, 0.717) is 28.3 Å². The fraction of sp³-hybridized carbons (Fsp3) is 0.0870. The van der Waals surface area contributed by atoms with E-state index in [4.69, 9.17) is 11.6 Å². The van der Waals surface area contributed by atoms with Gasteiger partial charge in [0.25, 0.3) is 11.5 Å². The molecule has 0 aliphatic rings. The summed E-state index contributed by atoms with van der Waals surface area (Å²) in [5.74, 6) is -0.508. The van der Waals surface area contributed by atoms with E-state index in [1.807, 2.05) is 37.3 Å². The highest BCUT2D eigenvalue weighted by Gasteiger charge is 2.17. The number of nitrogens with one attached hydrogen (secondary N) is 1. The third-order valence-corrected chi connectivity index (χ3v) is 5.01. The van der Waals surface area contributed by atoms with Crippen molar-refractivity contribution in [2.24, 2.45) is 0 Å². The number of pyridine rings is 2. The van der Waals surface area contributed by atoms with Crippen molar-refractivity contribution >= 4 is 34.2 Å². The normalized spacial score (nSPS) is 10.8. The molecule has 0 aliphatic heterocycles. The molecule has 4 rings (SSSR count). The van der Waals surface area contributed by atoms with Gasteiger partial charge >= 0.3 is 0 Å². The van der Waals surface area contributed by atoms with Crippen molar-refractivity contribution in [3.05, 3.63) is 105 Å². The molecular formula is C23H18ClN3O2. The Morgan fingerprint density at radius 1 is 1.07 bits per heavy atom. The highest BCUT2D eigenvalue weighted by molar-refractivity contribution is 6.33. The number of amides is 1. The van der Waals surface area contributed by atoms with E-state index >= 15 is 0 Å². The van der Waals surface area contributed by atoms with Crippen LogP contribution in [0.2, 0.25) is 5.02 Å². The van der Waals surface area contributed by atoms with E-state index in [9.17, 15) is 9.59 Å². The highest BCUT2D eigenvalue weighted by atomic mass is 35.5. The molecule has 6 heteroatoms. The molecule has 0 bridgehead atoms. The van der Waals surface area contributed by atoms with Crippen molar-refractivity contribution < 1.29 is 4.79 Å². The summed E-state index contributed by atoms with van der Waals surface area (Å²) in [4.78, 5) is 30.4. The molecule has 0 saturated heterocycles. The molecule has 2 aromatic heterocycles. The van der Waals surface area contributed by atoms with E-state index in [1.54, 1.807) is 42.6 Å². The summed E-state index contributed by atoms with van der Waals surface area (Å²) in [5, 5.41) is 3.84. The van der Waals surface area contributed by atoms with Crippen molar-refractivity contribution in [3.8, 4) is 0 Å². The first-order valence-electron chi connectivity index (χ1n) is 9.13. The van der Waals surface area contributed by atoms with Crippen LogP contribution in [-0.2, 0) is 6.54 Å². The predicted molar refractivity (Wildman–Crippen MR) is 116 cm³/mol. The number of fused-ring (bicyclic) bond motifs is 1. The maximum atomic E-state index is 13.2. The molecule has 0 radical (unpaired) electrons. The molecule has 0 saturated carbocycles. The second kappa shape index (κ2) is 7.89. The lowest BCUT2D eigenvalue weighted by atomic mass is 10.1. The summed E-state index contributed by atoms with van der Waals surface area (Å²) < 4.78 is 1.53. The van der Waals surface area contributed by atoms with Gasteiger partial charge in [-0.15, -0.1) is 0 Å². The first kappa shape index (κ1) is 18.9. The maximum Gasteiger partial charge on any atom is 0.265 e. The Balaban J connectivity index is 1.80. The van der Waals surface area contributed by atoms with Crippen LogP contribution in [0.15, 0.2) is 77.7 Å². The third-order valence-electron chi connectivity index (χ3n) is 4.68. The standard InChI is InChI=1S/C23H18ClN3O2/c1-15-8-10-16(11-9-15)14-27-21-17(5-4-12-25-21)13-18(23(27)29)22(28)26-20-7-3-2-6-19(20)24/h2-13H,14H2,1H3,(H,26,28). The van der Waals surface area contributed by atoms with E-state index in [2.05, 4.69) is 10.3 Å². The fourth-order valence-electron chi connectivity index (χ4n) is 3.14. The summed E-state index contributed by atoms with van der Waals surface area (Å²) in [7, 11) is 0. The molecule has 29 heavy (non-hydrogen) atoms. The van der Waals surface area contributed by atoms with E-state index in [1.165, 1.54) is 4.57 Å². The Bertz CT molecular complexity index is 1260. The number of nitrogens with zero attached hydrogens (tertiary/aromatic N) is 2. The number of hydrogen-bond donors (Lipinski definition) is 1. The Morgan fingerprint density at radius 2 is 1.83 bits per heavy atom. The topological polar surface area (TPSA) is 64.0 Å². The average molecular weight is 404 g/mol. The van der Waals surface area contributed by atoms with Crippen LogP contribution in [0.3, 0.4) is 0 Å². The monoisotopic (exact) mass is 403 g/mol.